The zero-order valence-electron chi connectivity index (χ0n) is 11.9. The van der Waals surface area contributed by atoms with E-state index in [2.05, 4.69) is 21.8 Å². The average Bonchev–Trinajstić information content (AvgIpc) is 2.99. The van der Waals surface area contributed by atoms with Crippen LogP contribution in [0.1, 0.15) is 32.7 Å². The van der Waals surface area contributed by atoms with E-state index in [1.165, 1.54) is 0 Å². The molecule has 0 aliphatic carbocycles. The van der Waals surface area contributed by atoms with Crippen molar-refractivity contribution < 1.29 is 4.79 Å². The number of H-pyrrole nitrogens is 1. The van der Waals surface area contributed by atoms with Crippen molar-refractivity contribution in [1.82, 2.24) is 9.97 Å². The fourth-order valence-corrected chi connectivity index (χ4v) is 2.27. The van der Waals surface area contributed by atoms with E-state index in [4.69, 9.17) is 0 Å². The molecule has 0 unspecified atom stereocenters. The fourth-order valence-electron chi connectivity index (χ4n) is 2.27. The molecule has 0 bridgehead atoms. The first-order valence-corrected chi connectivity index (χ1v) is 6.69. The van der Waals surface area contributed by atoms with Crippen molar-refractivity contribution in [2.75, 3.05) is 0 Å². The van der Waals surface area contributed by atoms with Gasteiger partial charge in [-0.25, -0.2) is 0 Å². The Bertz CT molecular complexity index is 894. The molecule has 0 amide bonds. The summed E-state index contributed by atoms with van der Waals surface area (Å²) in [6, 6.07) is 7.52. The summed E-state index contributed by atoms with van der Waals surface area (Å²) in [6.07, 6.45) is 4.52. The van der Waals surface area contributed by atoms with Gasteiger partial charge in [-0.15, -0.1) is 0 Å². The Morgan fingerprint density at radius 1 is 1.14 bits per heavy atom. The zero-order chi connectivity index (χ0) is 14.8. The molecule has 2 aromatic heterocycles. The lowest BCUT2D eigenvalue weighted by atomic mass is 10.1. The number of pyridine rings is 1. The molecule has 21 heavy (non-hydrogen) atoms. The van der Waals surface area contributed by atoms with Gasteiger partial charge in [-0.05, 0) is 31.5 Å². The van der Waals surface area contributed by atoms with E-state index >= 15 is 0 Å². The Labute approximate surface area is 123 Å². The number of hydrogen-bond donors (Lipinski definition) is 1. The third-order valence-electron chi connectivity index (χ3n) is 3.52. The molecular formula is C18H14N2O. The molecule has 0 saturated carbocycles. The summed E-state index contributed by atoms with van der Waals surface area (Å²) >= 11 is 0. The summed E-state index contributed by atoms with van der Waals surface area (Å²) in [4.78, 5) is 18.4. The molecule has 0 atom stereocenters. The maximum absolute atomic E-state index is 10.9. The quantitative estimate of drug-likeness (QED) is 0.546. The van der Waals surface area contributed by atoms with Crippen LogP contribution >= 0.6 is 0 Å². The molecule has 0 fully saturated rings. The van der Waals surface area contributed by atoms with Gasteiger partial charge < -0.3 is 4.98 Å². The number of aldehydes is 1. The largest absolute Gasteiger partial charge is 0.360 e. The van der Waals surface area contributed by atoms with Crippen LogP contribution in [0.5, 0.6) is 0 Å². The lowest BCUT2D eigenvalue weighted by Gasteiger charge is -2.00. The van der Waals surface area contributed by atoms with Crippen molar-refractivity contribution >= 4 is 17.2 Å². The van der Waals surface area contributed by atoms with Gasteiger partial charge in [0.25, 0.3) is 0 Å². The summed E-state index contributed by atoms with van der Waals surface area (Å²) < 4.78 is 0. The minimum absolute atomic E-state index is 0.638. The molecule has 0 radical (unpaired) electrons. The van der Waals surface area contributed by atoms with Crippen LogP contribution in [0.3, 0.4) is 0 Å². The molecule has 3 heteroatoms. The van der Waals surface area contributed by atoms with Crippen LogP contribution in [0.15, 0.2) is 36.7 Å². The van der Waals surface area contributed by atoms with Crippen LogP contribution in [0.25, 0.3) is 10.9 Å². The van der Waals surface area contributed by atoms with E-state index in [1.807, 2.05) is 38.2 Å². The number of aryl methyl sites for hydroxylation is 2. The van der Waals surface area contributed by atoms with Gasteiger partial charge in [0.15, 0.2) is 0 Å². The topological polar surface area (TPSA) is 45.8 Å². The molecule has 0 spiro atoms. The number of hydrogen-bond acceptors (Lipinski definition) is 2. The normalized spacial score (nSPS) is 10.2. The second-order valence-corrected chi connectivity index (χ2v) is 4.97. The number of benzene rings is 1. The van der Waals surface area contributed by atoms with Crippen LogP contribution in [0, 0.1) is 25.7 Å². The summed E-state index contributed by atoms with van der Waals surface area (Å²) in [5.74, 6) is 6.30. The number of aromatic amines is 1. The summed E-state index contributed by atoms with van der Waals surface area (Å²) in [6.45, 7) is 3.95. The van der Waals surface area contributed by atoms with Crippen LogP contribution in [0.2, 0.25) is 0 Å². The van der Waals surface area contributed by atoms with E-state index in [0.717, 1.165) is 39.6 Å². The van der Waals surface area contributed by atoms with Gasteiger partial charge in [0.05, 0.1) is 16.8 Å². The van der Waals surface area contributed by atoms with E-state index in [0.29, 0.717) is 5.56 Å². The zero-order valence-corrected chi connectivity index (χ0v) is 11.9. The SMILES string of the molecule is Cc1ccc(C=O)cc1C#Cc1cnc(C)c2[nH]ccc12. The molecule has 2 heterocycles. The number of carbonyl (C=O) groups is 1. The summed E-state index contributed by atoms with van der Waals surface area (Å²) in [7, 11) is 0. The molecule has 102 valence electrons. The molecule has 0 saturated heterocycles. The number of aromatic nitrogens is 2. The molecule has 3 aromatic rings. The van der Waals surface area contributed by atoms with Gasteiger partial charge in [0.1, 0.15) is 6.29 Å². The Balaban J connectivity index is 2.10. The Morgan fingerprint density at radius 2 is 1.95 bits per heavy atom. The van der Waals surface area contributed by atoms with E-state index in [1.54, 1.807) is 12.3 Å². The molecule has 1 aromatic carbocycles. The van der Waals surface area contributed by atoms with Gasteiger partial charge in [0, 0.05) is 28.9 Å². The van der Waals surface area contributed by atoms with Gasteiger partial charge in [-0.2, -0.15) is 0 Å². The Morgan fingerprint density at radius 3 is 2.76 bits per heavy atom. The van der Waals surface area contributed by atoms with Crippen molar-refractivity contribution in [3.05, 3.63) is 64.6 Å². The molecule has 1 N–H and O–H groups in total. The lowest BCUT2D eigenvalue weighted by Crippen LogP contribution is -1.88. The highest BCUT2D eigenvalue weighted by atomic mass is 16.1. The third-order valence-corrected chi connectivity index (χ3v) is 3.52. The van der Waals surface area contributed by atoms with Gasteiger partial charge >= 0.3 is 0 Å². The predicted octanol–water partition coefficient (Wildman–Crippen LogP) is 3.39. The van der Waals surface area contributed by atoms with Crippen molar-refractivity contribution in [1.29, 1.82) is 0 Å². The van der Waals surface area contributed by atoms with Crippen molar-refractivity contribution in [2.24, 2.45) is 0 Å². The molecule has 3 rings (SSSR count). The summed E-state index contributed by atoms with van der Waals surface area (Å²) in [5, 5.41) is 1.07. The number of nitrogens with one attached hydrogen (secondary N) is 1. The summed E-state index contributed by atoms with van der Waals surface area (Å²) in [5.41, 5.74) is 5.41. The monoisotopic (exact) mass is 274 g/mol. The number of nitrogens with zero attached hydrogens (tertiary/aromatic N) is 1. The van der Waals surface area contributed by atoms with E-state index in [-0.39, 0.29) is 0 Å². The van der Waals surface area contributed by atoms with Crippen LogP contribution in [-0.2, 0) is 0 Å². The van der Waals surface area contributed by atoms with Gasteiger partial charge in [0.2, 0.25) is 0 Å². The predicted molar refractivity (Wildman–Crippen MR) is 83.4 cm³/mol. The Kier molecular flexibility index (Phi) is 3.29. The second kappa shape index (κ2) is 5.26. The highest BCUT2D eigenvalue weighted by Crippen LogP contribution is 2.18. The molecule has 3 nitrogen and oxygen atoms in total. The first-order chi connectivity index (χ1) is 10.2. The van der Waals surface area contributed by atoms with E-state index in [9.17, 15) is 4.79 Å². The van der Waals surface area contributed by atoms with Crippen LogP contribution in [0.4, 0.5) is 0 Å². The molecular weight excluding hydrogens is 260 g/mol. The Hall–Kier alpha value is -2.86. The van der Waals surface area contributed by atoms with Crippen molar-refractivity contribution in [3.63, 3.8) is 0 Å². The van der Waals surface area contributed by atoms with E-state index < -0.39 is 0 Å². The van der Waals surface area contributed by atoms with Crippen molar-refractivity contribution in [2.45, 2.75) is 13.8 Å². The number of carbonyl (C=O) groups excluding carboxylic acids is 1. The third kappa shape index (κ3) is 2.44. The minimum atomic E-state index is 0.638. The van der Waals surface area contributed by atoms with Gasteiger partial charge in [-0.3, -0.25) is 9.78 Å². The highest BCUT2D eigenvalue weighted by Gasteiger charge is 2.03. The lowest BCUT2D eigenvalue weighted by molar-refractivity contribution is 0.112. The second-order valence-electron chi connectivity index (χ2n) is 4.97. The maximum atomic E-state index is 10.9. The van der Waals surface area contributed by atoms with Gasteiger partial charge in [-0.1, -0.05) is 24.0 Å². The standard InChI is InChI=1S/C18H14N2O/c1-12-3-4-14(11-21)9-15(12)5-6-16-10-20-13(2)18-17(16)7-8-19-18/h3-4,7-11,19H,1-2H3. The maximum Gasteiger partial charge on any atom is 0.150 e. The fraction of sp³-hybridized carbons (Fsp3) is 0.111. The van der Waals surface area contributed by atoms with Crippen LogP contribution in [-0.4, -0.2) is 16.3 Å². The number of rotatable bonds is 1. The van der Waals surface area contributed by atoms with Crippen molar-refractivity contribution in [3.8, 4) is 11.8 Å². The molecule has 0 aliphatic rings. The molecule has 0 aliphatic heterocycles. The minimum Gasteiger partial charge on any atom is -0.360 e. The first-order valence-electron chi connectivity index (χ1n) is 6.69. The average molecular weight is 274 g/mol. The van der Waals surface area contributed by atoms with Crippen LogP contribution < -0.4 is 0 Å². The first kappa shape index (κ1) is 13.1. The smallest absolute Gasteiger partial charge is 0.150 e. The number of fused-ring (bicyclic) bond motifs is 1. The highest BCUT2D eigenvalue weighted by molar-refractivity contribution is 5.87.